The molecular weight excluding hydrogens is 553 g/mol. The quantitative estimate of drug-likeness (QED) is 0.224. The van der Waals surface area contributed by atoms with E-state index in [-0.39, 0.29) is 11.7 Å². The molecule has 0 aliphatic heterocycles. The number of carbonyl (C=O) groups is 2. The van der Waals surface area contributed by atoms with Crippen LogP contribution in [0.25, 0.3) is 0 Å². The Morgan fingerprint density at radius 1 is 1.32 bits per heavy atom. The summed E-state index contributed by atoms with van der Waals surface area (Å²) in [6.45, 7) is 5.35. The molecule has 0 spiro atoms. The van der Waals surface area contributed by atoms with Crippen LogP contribution in [-0.2, 0) is 30.6 Å². The van der Waals surface area contributed by atoms with Gasteiger partial charge in [0.05, 0.1) is 22.9 Å². The number of aryl methyl sites for hydroxylation is 1. The molecule has 3 N–H and O–H groups in total. The summed E-state index contributed by atoms with van der Waals surface area (Å²) in [7, 11) is 0. The van der Waals surface area contributed by atoms with Crippen molar-refractivity contribution in [1.82, 2.24) is 14.8 Å². The Hall–Kier alpha value is -2.27. The minimum atomic E-state index is -0.493. The number of aromatic nitrogens is 3. The molecule has 4 rings (SSSR count). The van der Waals surface area contributed by atoms with Gasteiger partial charge in [-0.25, -0.2) is 0 Å². The number of nitrogens with one attached hydrogen (secondary N) is 1. The number of nitrogens with two attached hydrogens (primary N) is 1. The van der Waals surface area contributed by atoms with Crippen LogP contribution in [-0.4, -0.2) is 38.9 Å². The zero-order chi connectivity index (χ0) is 26.5. The lowest BCUT2D eigenvalue weighted by molar-refractivity contribution is -0.113. The summed E-state index contributed by atoms with van der Waals surface area (Å²) in [5.41, 5.74) is 7.13. The van der Waals surface area contributed by atoms with Crippen LogP contribution in [0, 0.1) is 5.92 Å². The number of hydrogen-bond donors (Lipinski definition) is 2. The van der Waals surface area contributed by atoms with Crippen LogP contribution in [0.15, 0.2) is 23.4 Å². The van der Waals surface area contributed by atoms with Crippen molar-refractivity contribution < 1.29 is 14.3 Å². The molecule has 0 bridgehead atoms. The lowest BCUT2D eigenvalue weighted by Crippen LogP contribution is -2.20. The topological polar surface area (TPSA) is 112 Å². The summed E-state index contributed by atoms with van der Waals surface area (Å²) in [5.74, 6) is 1.42. The van der Waals surface area contributed by atoms with Gasteiger partial charge in [0, 0.05) is 22.9 Å². The van der Waals surface area contributed by atoms with Crippen LogP contribution in [0.1, 0.15) is 53.3 Å². The molecule has 1 aromatic carbocycles. The maximum atomic E-state index is 12.8. The second kappa shape index (κ2) is 12.5. The zero-order valence-electron chi connectivity index (χ0n) is 20.7. The molecule has 2 heterocycles. The molecule has 2 amide bonds. The second-order valence-corrected chi connectivity index (χ2v) is 11.8. The van der Waals surface area contributed by atoms with Crippen LogP contribution in [0.2, 0.25) is 10.0 Å². The number of primary amides is 1. The van der Waals surface area contributed by atoms with Gasteiger partial charge in [-0.15, -0.1) is 21.5 Å². The number of carbonyl (C=O) groups excluding carboxylic acids is 2. The molecule has 8 nitrogen and oxygen atoms in total. The summed E-state index contributed by atoms with van der Waals surface area (Å²) in [6, 6.07) is 5.13. The Balaban J connectivity index is 1.32. The van der Waals surface area contributed by atoms with Gasteiger partial charge >= 0.3 is 0 Å². The number of amides is 2. The zero-order valence-corrected chi connectivity index (χ0v) is 23.8. The van der Waals surface area contributed by atoms with E-state index in [9.17, 15) is 9.59 Å². The first-order valence-corrected chi connectivity index (χ1v) is 14.7. The van der Waals surface area contributed by atoms with E-state index in [2.05, 4.69) is 22.4 Å². The summed E-state index contributed by atoms with van der Waals surface area (Å²) in [4.78, 5) is 26.0. The van der Waals surface area contributed by atoms with E-state index in [4.69, 9.17) is 33.7 Å². The average Bonchev–Trinajstić information content (AvgIpc) is 3.41. The summed E-state index contributed by atoms with van der Waals surface area (Å²) in [5, 5.41) is 13.8. The third-order valence-corrected chi connectivity index (χ3v) is 8.82. The average molecular weight is 583 g/mol. The molecule has 1 aliphatic carbocycles. The normalized spacial score (nSPS) is 14.9. The summed E-state index contributed by atoms with van der Waals surface area (Å²) >= 11 is 14.9. The highest BCUT2D eigenvalue weighted by molar-refractivity contribution is 7.99. The van der Waals surface area contributed by atoms with Crippen molar-refractivity contribution in [2.75, 3.05) is 17.7 Å². The summed E-state index contributed by atoms with van der Waals surface area (Å²) in [6.07, 6.45) is 4.13. The van der Waals surface area contributed by atoms with Gasteiger partial charge in [0.15, 0.2) is 5.16 Å². The van der Waals surface area contributed by atoms with Crippen molar-refractivity contribution in [1.29, 1.82) is 0 Å². The predicted octanol–water partition coefficient (Wildman–Crippen LogP) is 5.63. The van der Waals surface area contributed by atoms with E-state index in [0.717, 1.165) is 41.9 Å². The van der Waals surface area contributed by atoms with Gasteiger partial charge in [-0.1, -0.05) is 41.9 Å². The van der Waals surface area contributed by atoms with Crippen LogP contribution in [0.5, 0.6) is 5.75 Å². The van der Waals surface area contributed by atoms with Crippen molar-refractivity contribution in [2.45, 2.75) is 57.7 Å². The number of ether oxygens (including phenoxy) is 1. The highest BCUT2D eigenvalue weighted by atomic mass is 35.5. The van der Waals surface area contributed by atoms with Gasteiger partial charge < -0.3 is 20.4 Å². The van der Waals surface area contributed by atoms with Gasteiger partial charge in [0.25, 0.3) is 5.91 Å². The van der Waals surface area contributed by atoms with Gasteiger partial charge in [-0.3, -0.25) is 9.59 Å². The number of rotatable bonds is 11. The maximum Gasteiger partial charge on any atom is 0.251 e. The standard InChI is InChI=1S/C25H29Cl2N5O3S2/c1-3-32-20(5-4-10-35-18-9-7-15(26)12-17(18)27)30-31-25(32)36-13-21(33)29-24-22(23(28)34)16-8-6-14(2)11-19(16)37-24/h7,9,12,14H,3-6,8,10-11,13H2,1-2H3,(H2,28,34)(H,29,33). The van der Waals surface area contributed by atoms with Crippen LogP contribution in [0.4, 0.5) is 5.00 Å². The number of thioether (sulfide) groups is 1. The predicted molar refractivity (Wildman–Crippen MR) is 149 cm³/mol. The van der Waals surface area contributed by atoms with Gasteiger partial charge in [0.2, 0.25) is 5.91 Å². The van der Waals surface area contributed by atoms with Gasteiger partial charge in [-0.05, 0) is 62.3 Å². The van der Waals surface area contributed by atoms with E-state index >= 15 is 0 Å². The van der Waals surface area contributed by atoms with Crippen molar-refractivity contribution in [2.24, 2.45) is 11.7 Å². The third-order valence-electron chi connectivity index (χ3n) is 6.15. The first kappa shape index (κ1) is 27.8. The lowest BCUT2D eigenvalue weighted by atomic mass is 9.88. The Kier molecular flexibility index (Phi) is 9.39. The molecule has 0 fully saturated rings. The minimum absolute atomic E-state index is 0.146. The fourth-order valence-corrected chi connectivity index (χ4v) is 7.04. The van der Waals surface area contributed by atoms with Crippen LogP contribution >= 0.6 is 46.3 Å². The molecule has 0 radical (unpaired) electrons. The summed E-state index contributed by atoms with van der Waals surface area (Å²) < 4.78 is 7.75. The number of benzene rings is 1. The number of thiophene rings is 1. The molecule has 0 saturated heterocycles. The van der Waals surface area contributed by atoms with E-state index in [1.807, 2.05) is 11.5 Å². The second-order valence-electron chi connectivity index (χ2n) is 8.93. The van der Waals surface area contributed by atoms with Crippen molar-refractivity contribution in [3.8, 4) is 5.75 Å². The van der Waals surface area contributed by atoms with E-state index in [1.54, 1.807) is 18.2 Å². The first-order chi connectivity index (χ1) is 17.8. The molecule has 198 valence electrons. The molecule has 2 aromatic heterocycles. The number of fused-ring (bicyclic) bond motifs is 1. The third kappa shape index (κ3) is 6.79. The molecule has 1 aliphatic rings. The van der Waals surface area contributed by atoms with Crippen molar-refractivity contribution in [3.63, 3.8) is 0 Å². The minimum Gasteiger partial charge on any atom is -0.492 e. The highest BCUT2D eigenvalue weighted by Crippen LogP contribution is 2.39. The van der Waals surface area contributed by atoms with E-state index < -0.39 is 5.91 Å². The van der Waals surface area contributed by atoms with Crippen molar-refractivity contribution in [3.05, 3.63) is 50.1 Å². The molecule has 3 aromatic rings. The molecular formula is C25H29Cl2N5O3S2. The van der Waals surface area contributed by atoms with Gasteiger partial charge in [0.1, 0.15) is 16.6 Å². The largest absolute Gasteiger partial charge is 0.492 e. The molecule has 1 atom stereocenters. The fourth-order valence-electron chi connectivity index (χ4n) is 4.33. The van der Waals surface area contributed by atoms with E-state index in [0.29, 0.717) is 57.0 Å². The Morgan fingerprint density at radius 2 is 2.14 bits per heavy atom. The number of halogens is 2. The van der Waals surface area contributed by atoms with Gasteiger partial charge in [-0.2, -0.15) is 0 Å². The molecule has 0 saturated carbocycles. The maximum absolute atomic E-state index is 12.8. The van der Waals surface area contributed by atoms with E-state index in [1.165, 1.54) is 23.1 Å². The molecule has 1 unspecified atom stereocenters. The number of nitrogens with zero attached hydrogens (tertiary/aromatic N) is 3. The Morgan fingerprint density at radius 3 is 2.86 bits per heavy atom. The molecule has 12 heteroatoms. The number of hydrogen-bond acceptors (Lipinski definition) is 7. The Bertz CT molecular complexity index is 1290. The first-order valence-electron chi connectivity index (χ1n) is 12.1. The SMILES string of the molecule is CCn1c(CCCOc2ccc(Cl)cc2Cl)nnc1SCC(=O)Nc1sc2c(c1C(N)=O)CCC(C)C2. The monoisotopic (exact) mass is 581 g/mol. The lowest BCUT2D eigenvalue weighted by Gasteiger charge is -2.18. The highest BCUT2D eigenvalue weighted by Gasteiger charge is 2.27. The molecule has 37 heavy (non-hydrogen) atoms. The smallest absolute Gasteiger partial charge is 0.251 e. The Labute approximate surface area is 234 Å². The van der Waals surface area contributed by atoms with Crippen LogP contribution < -0.4 is 15.8 Å². The van der Waals surface area contributed by atoms with Crippen LogP contribution in [0.3, 0.4) is 0 Å². The van der Waals surface area contributed by atoms with Crippen molar-refractivity contribution >= 4 is 63.1 Å². The fraction of sp³-hybridized carbons (Fsp3) is 0.440. The number of anilines is 1.